The first-order valence-electron chi connectivity index (χ1n) is 7.52. The third-order valence-corrected chi connectivity index (χ3v) is 6.76. The van der Waals surface area contributed by atoms with Gasteiger partial charge in [0.05, 0.1) is 6.10 Å². The molecule has 0 aromatic carbocycles. The van der Waals surface area contributed by atoms with Gasteiger partial charge in [-0.25, -0.2) is 0 Å². The minimum absolute atomic E-state index is 0. The highest BCUT2D eigenvalue weighted by molar-refractivity contribution is 7.86. The highest BCUT2D eigenvalue weighted by atomic mass is 35.5. The summed E-state index contributed by atoms with van der Waals surface area (Å²) in [7, 11) is -1.72. The van der Waals surface area contributed by atoms with Crippen LogP contribution in [0.5, 0.6) is 0 Å². The van der Waals surface area contributed by atoms with E-state index in [4.69, 9.17) is 10.5 Å². The van der Waals surface area contributed by atoms with Gasteiger partial charge >= 0.3 is 0 Å². The number of halogens is 1. The molecule has 2 rings (SSSR count). The topological polar surface area (TPSA) is 75.9 Å². The molecule has 2 heterocycles. The van der Waals surface area contributed by atoms with Crippen LogP contribution in [0, 0.1) is 0 Å². The van der Waals surface area contributed by atoms with Crippen LogP contribution in [0.15, 0.2) is 0 Å². The number of rotatable bonds is 4. The number of nitrogens with two attached hydrogens (primary N) is 1. The van der Waals surface area contributed by atoms with Crippen molar-refractivity contribution in [1.82, 2.24) is 8.61 Å². The second kappa shape index (κ2) is 8.08. The van der Waals surface area contributed by atoms with Crippen molar-refractivity contribution >= 4 is 22.6 Å². The van der Waals surface area contributed by atoms with Gasteiger partial charge in [-0.3, -0.25) is 0 Å². The first kappa shape index (κ1) is 19.1. The van der Waals surface area contributed by atoms with E-state index in [1.54, 1.807) is 15.7 Å². The van der Waals surface area contributed by atoms with E-state index >= 15 is 0 Å². The molecule has 126 valence electrons. The van der Waals surface area contributed by atoms with E-state index in [1.807, 2.05) is 6.92 Å². The molecular formula is C13H28ClN3O3S. The number of nitrogens with zero attached hydrogens (tertiary/aromatic N) is 2. The van der Waals surface area contributed by atoms with E-state index in [9.17, 15) is 8.42 Å². The van der Waals surface area contributed by atoms with Crippen LogP contribution in [0.25, 0.3) is 0 Å². The third kappa shape index (κ3) is 4.09. The van der Waals surface area contributed by atoms with Gasteiger partial charge in [0.1, 0.15) is 0 Å². The Kier molecular flexibility index (Phi) is 7.36. The van der Waals surface area contributed by atoms with Crippen molar-refractivity contribution < 1.29 is 13.2 Å². The van der Waals surface area contributed by atoms with E-state index in [-0.39, 0.29) is 30.6 Å². The largest absolute Gasteiger partial charge is 0.381 e. The molecular weight excluding hydrogens is 314 g/mol. The van der Waals surface area contributed by atoms with Crippen LogP contribution < -0.4 is 5.73 Å². The van der Waals surface area contributed by atoms with Crippen LogP contribution in [-0.2, 0) is 14.9 Å². The summed E-state index contributed by atoms with van der Waals surface area (Å²) < 4.78 is 34.4. The van der Waals surface area contributed by atoms with Gasteiger partial charge in [-0.2, -0.15) is 17.0 Å². The SMILES string of the molecule is COC1CCN(S(=O)(=O)N2CCCCC2C)C(CN)C1.Cl. The molecule has 3 atom stereocenters. The predicted octanol–water partition coefficient (Wildman–Crippen LogP) is 0.966. The van der Waals surface area contributed by atoms with E-state index < -0.39 is 10.2 Å². The predicted molar refractivity (Wildman–Crippen MR) is 85.8 cm³/mol. The van der Waals surface area contributed by atoms with Crippen LogP contribution in [0.3, 0.4) is 0 Å². The summed E-state index contributed by atoms with van der Waals surface area (Å²) in [6.45, 7) is 3.48. The van der Waals surface area contributed by atoms with Gasteiger partial charge in [-0.05, 0) is 32.6 Å². The Balaban J connectivity index is 0.00000220. The molecule has 2 aliphatic rings. The second-order valence-corrected chi connectivity index (χ2v) is 7.68. The molecule has 0 spiro atoms. The maximum atomic E-state index is 12.9. The maximum absolute atomic E-state index is 12.9. The van der Waals surface area contributed by atoms with Crippen molar-refractivity contribution in [3.05, 3.63) is 0 Å². The quantitative estimate of drug-likeness (QED) is 0.826. The minimum Gasteiger partial charge on any atom is -0.381 e. The molecule has 21 heavy (non-hydrogen) atoms. The summed E-state index contributed by atoms with van der Waals surface area (Å²) in [5.41, 5.74) is 5.79. The van der Waals surface area contributed by atoms with Crippen LogP contribution in [-0.4, -0.2) is 62.0 Å². The lowest BCUT2D eigenvalue weighted by Gasteiger charge is -2.42. The van der Waals surface area contributed by atoms with Gasteiger partial charge in [0.15, 0.2) is 0 Å². The zero-order valence-electron chi connectivity index (χ0n) is 12.9. The molecule has 0 radical (unpaired) electrons. The first-order valence-corrected chi connectivity index (χ1v) is 8.92. The Hall–Kier alpha value is 0.0800. The summed E-state index contributed by atoms with van der Waals surface area (Å²) in [6, 6.07) is -0.0554. The van der Waals surface area contributed by atoms with E-state index in [2.05, 4.69) is 0 Å². The molecule has 0 aromatic heterocycles. The van der Waals surface area contributed by atoms with E-state index in [1.165, 1.54) is 0 Å². The molecule has 6 nitrogen and oxygen atoms in total. The number of hydrogen-bond donors (Lipinski definition) is 1. The van der Waals surface area contributed by atoms with Crippen LogP contribution in [0.1, 0.15) is 39.0 Å². The summed E-state index contributed by atoms with van der Waals surface area (Å²) in [5, 5.41) is 0. The number of ether oxygens (including phenoxy) is 1. The normalized spacial score (nSPS) is 32.6. The fourth-order valence-corrected chi connectivity index (χ4v) is 5.35. The third-order valence-electron chi connectivity index (χ3n) is 4.55. The Morgan fingerprint density at radius 1 is 1.19 bits per heavy atom. The second-order valence-electron chi connectivity index (χ2n) is 5.85. The minimum atomic E-state index is -3.40. The molecule has 0 aliphatic carbocycles. The Morgan fingerprint density at radius 3 is 2.48 bits per heavy atom. The molecule has 8 heteroatoms. The lowest BCUT2D eigenvalue weighted by Crippen LogP contribution is -2.57. The maximum Gasteiger partial charge on any atom is 0.282 e. The fourth-order valence-electron chi connectivity index (χ4n) is 3.27. The smallest absolute Gasteiger partial charge is 0.282 e. The first-order chi connectivity index (χ1) is 9.50. The van der Waals surface area contributed by atoms with Crippen molar-refractivity contribution in [3.8, 4) is 0 Å². The van der Waals surface area contributed by atoms with Gasteiger partial charge in [-0.15, -0.1) is 12.4 Å². The summed E-state index contributed by atoms with van der Waals surface area (Å²) in [5.74, 6) is 0. The highest BCUT2D eigenvalue weighted by Gasteiger charge is 2.40. The monoisotopic (exact) mass is 341 g/mol. The van der Waals surface area contributed by atoms with Gasteiger partial charge in [0.2, 0.25) is 0 Å². The summed E-state index contributed by atoms with van der Waals surface area (Å²) >= 11 is 0. The van der Waals surface area contributed by atoms with Crippen LogP contribution in [0.2, 0.25) is 0 Å². The van der Waals surface area contributed by atoms with Crippen LogP contribution in [0.4, 0.5) is 0 Å². The lowest BCUT2D eigenvalue weighted by atomic mass is 10.0. The number of piperidine rings is 2. The van der Waals surface area contributed by atoms with Crippen molar-refractivity contribution in [1.29, 1.82) is 0 Å². The van der Waals surface area contributed by atoms with Crippen molar-refractivity contribution in [2.75, 3.05) is 26.7 Å². The Morgan fingerprint density at radius 2 is 1.90 bits per heavy atom. The molecule has 0 saturated carbocycles. The van der Waals surface area contributed by atoms with Gasteiger partial charge in [0.25, 0.3) is 10.2 Å². The fraction of sp³-hybridized carbons (Fsp3) is 1.00. The molecule has 2 N–H and O–H groups in total. The van der Waals surface area contributed by atoms with Gasteiger partial charge in [0, 0.05) is 38.8 Å². The zero-order valence-corrected chi connectivity index (χ0v) is 14.5. The molecule has 2 fully saturated rings. The number of hydrogen-bond acceptors (Lipinski definition) is 4. The van der Waals surface area contributed by atoms with Crippen molar-refractivity contribution in [3.63, 3.8) is 0 Å². The molecule has 0 aromatic rings. The van der Waals surface area contributed by atoms with E-state index in [0.717, 1.165) is 25.7 Å². The zero-order chi connectivity index (χ0) is 14.8. The average molecular weight is 342 g/mol. The van der Waals surface area contributed by atoms with Crippen molar-refractivity contribution in [2.24, 2.45) is 5.73 Å². The molecule has 0 bridgehead atoms. The molecule has 2 aliphatic heterocycles. The van der Waals surface area contributed by atoms with E-state index in [0.29, 0.717) is 26.1 Å². The van der Waals surface area contributed by atoms with Crippen LogP contribution >= 0.6 is 12.4 Å². The Labute approximate surface area is 134 Å². The average Bonchev–Trinajstić information content (AvgIpc) is 2.46. The summed E-state index contributed by atoms with van der Waals surface area (Å²) in [6.07, 6.45) is 4.56. The number of methoxy groups -OCH3 is 1. The molecule has 2 saturated heterocycles. The molecule has 3 unspecified atom stereocenters. The Bertz CT molecular complexity index is 421. The standard InChI is InChI=1S/C13H27N3O3S.ClH/c1-11-5-3-4-7-15(11)20(17,18)16-8-6-13(19-2)9-12(16)10-14;/h11-13H,3-10,14H2,1-2H3;1H. The lowest BCUT2D eigenvalue weighted by molar-refractivity contribution is 0.0375. The molecule has 0 amide bonds. The summed E-state index contributed by atoms with van der Waals surface area (Å²) in [4.78, 5) is 0. The van der Waals surface area contributed by atoms with Crippen molar-refractivity contribution in [2.45, 2.75) is 57.2 Å². The van der Waals surface area contributed by atoms with Gasteiger partial charge in [-0.1, -0.05) is 6.42 Å². The van der Waals surface area contributed by atoms with Gasteiger partial charge < -0.3 is 10.5 Å². The highest BCUT2D eigenvalue weighted by Crippen LogP contribution is 2.28.